The summed E-state index contributed by atoms with van der Waals surface area (Å²) in [7, 11) is 0. The van der Waals surface area contributed by atoms with E-state index >= 15 is 0 Å². The number of hydrogen-bond donors (Lipinski definition) is 1. The van der Waals surface area contributed by atoms with Crippen LogP contribution in [0.15, 0.2) is 0 Å². The van der Waals surface area contributed by atoms with Gasteiger partial charge in [-0.15, -0.1) is 0 Å². The lowest BCUT2D eigenvalue weighted by Crippen LogP contribution is -2.55. The molecule has 1 saturated heterocycles. The average Bonchev–Trinajstić information content (AvgIpc) is 2.36. The summed E-state index contributed by atoms with van der Waals surface area (Å²) >= 11 is 0. The molecule has 19 heavy (non-hydrogen) atoms. The van der Waals surface area contributed by atoms with Crippen LogP contribution in [0.5, 0.6) is 0 Å². The van der Waals surface area contributed by atoms with Gasteiger partial charge < -0.3 is 10.1 Å². The second-order valence-electron chi connectivity index (χ2n) is 6.60. The Hall–Kier alpha value is -0.900. The van der Waals surface area contributed by atoms with Gasteiger partial charge in [0.1, 0.15) is 5.78 Å². The number of amides is 1. The Morgan fingerprint density at radius 2 is 2.05 bits per heavy atom. The molecule has 2 rings (SSSR count). The van der Waals surface area contributed by atoms with Crippen LogP contribution in [0.4, 0.5) is 0 Å². The van der Waals surface area contributed by atoms with Crippen LogP contribution in [0.2, 0.25) is 0 Å². The smallest absolute Gasteiger partial charge is 0.223 e. The van der Waals surface area contributed by atoms with E-state index in [1.165, 1.54) is 0 Å². The standard InChI is InChI=1S/C15H25NO3/c1-10(17)12-7-13(15(12,2)3)14(18)16-8-11-5-4-6-19-9-11/h11-13H,4-9H2,1-3H3,(H,16,18)/t11-,12-,13+/m0/s1. The van der Waals surface area contributed by atoms with Crippen molar-refractivity contribution in [2.75, 3.05) is 19.8 Å². The van der Waals surface area contributed by atoms with Gasteiger partial charge in [-0.1, -0.05) is 13.8 Å². The summed E-state index contributed by atoms with van der Waals surface area (Å²) < 4.78 is 5.41. The number of rotatable bonds is 4. The number of Topliss-reactive ketones (excluding diaryl/α,β-unsaturated/α-hetero) is 1. The highest BCUT2D eigenvalue weighted by Gasteiger charge is 2.53. The summed E-state index contributed by atoms with van der Waals surface area (Å²) in [6, 6.07) is 0. The van der Waals surface area contributed by atoms with Crippen LogP contribution >= 0.6 is 0 Å². The van der Waals surface area contributed by atoms with E-state index in [1.807, 2.05) is 13.8 Å². The van der Waals surface area contributed by atoms with Gasteiger partial charge in [0.2, 0.25) is 5.91 Å². The second kappa shape index (κ2) is 5.61. The predicted octanol–water partition coefficient (Wildman–Crippen LogP) is 1.78. The molecule has 1 aliphatic heterocycles. The molecule has 0 aromatic rings. The number of hydrogen-bond acceptors (Lipinski definition) is 3. The number of carbonyl (C=O) groups excluding carboxylic acids is 2. The third kappa shape index (κ3) is 2.99. The fourth-order valence-corrected chi connectivity index (χ4v) is 3.40. The highest BCUT2D eigenvalue weighted by molar-refractivity contribution is 5.87. The molecule has 0 bridgehead atoms. The first-order valence-corrected chi connectivity index (χ1v) is 7.29. The summed E-state index contributed by atoms with van der Waals surface area (Å²) in [4.78, 5) is 23.7. The van der Waals surface area contributed by atoms with Gasteiger partial charge in [0.05, 0.1) is 6.61 Å². The molecule has 0 unspecified atom stereocenters. The summed E-state index contributed by atoms with van der Waals surface area (Å²) in [6.45, 7) is 7.98. The van der Waals surface area contributed by atoms with Crippen LogP contribution in [0.25, 0.3) is 0 Å². The lowest BCUT2D eigenvalue weighted by Gasteiger charge is -2.50. The SMILES string of the molecule is CC(=O)[C@@H]1C[C@H](C(=O)NC[C@@H]2CCCOC2)C1(C)C. The van der Waals surface area contributed by atoms with Crippen molar-refractivity contribution >= 4 is 11.7 Å². The highest BCUT2D eigenvalue weighted by atomic mass is 16.5. The zero-order valence-electron chi connectivity index (χ0n) is 12.2. The first-order valence-electron chi connectivity index (χ1n) is 7.29. The zero-order chi connectivity index (χ0) is 14.0. The van der Waals surface area contributed by atoms with E-state index in [1.54, 1.807) is 6.92 Å². The monoisotopic (exact) mass is 267 g/mol. The number of nitrogens with one attached hydrogen (secondary N) is 1. The quantitative estimate of drug-likeness (QED) is 0.844. The molecular formula is C15H25NO3. The van der Waals surface area contributed by atoms with E-state index in [0.29, 0.717) is 18.9 Å². The Morgan fingerprint density at radius 1 is 1.32 bits per heavy atom. The Morgan fingerprint density at radius 3 is 2.58 bits per heavy atom. The molecule has 1 aliphatic carbocycles. The van der Waals surface area contributed by atoms with Crippen molar-refractivity contribution in [1.82, 2.24) is 5.32 Å². The van der Waals surface area contributed by atoms with Gasteiger partial charge >= 0.3 is 0 Å². The fourth-order valence-electron chi connectivity index (χ4n) is 3.40. The van der Waals surface area contributed by atoms with Crippen LogP contribution in [0.1, 0.15) is 40.0 Å². The van der Waals surface area contributed by atoms with Crippen molar-refractivity contribution in [3.63, 3.8) is 0 Å². The molecular weight excluding hydrogens is 242 g/mol. The third-order valence-electron chi connectivity index (χ3n) is 4.89. The van der Waals surface area contributed by atoms with E-state index < -0.39 is 0 Å². The predicted molar refractivity (Wildman–Crippen MR) is 72.6 cm³/mol. The molecule has 2 fully saturated rings. The van der Waals surface area contributed by atoms with Crippen LogP contribution in [-0.2, 0) is 14.3 Å². The van der Waals surface area contributed by atoms with Gasteiger partial charge in [-0.3, -0.25) is 9.59 Å². The maximum atomic E-state index is 12.2. The van der Waals surface area contributed by atoms with Gasteiger partial charge in [0.25, 0.3) is 0 Å². The molecule has 0 aromatic heterocycles. The van der Waals surface area contributed by atoms with Crippen LogP contribution in [-0.4, -0.2) is 31.4 Å². The molecule has 1 heterocycles. The molecule has 2 aliphatic rings. The molecule has 0 aromatic carbocycles. The van der Waals surface area contributed by atoms with Crippen molar-refractivity contribution < 1.29 is 14.3 Å². The lowest BCUT2D eigenvalue weighted by molar-refractivity contribution is -0.148. The minimum Gasteiger partial charge on any atom is -0.381 e. The van der Waals surface area contributed by atoms with Crippen molar-refractivity contribution in [3.05, 3.63) is 0 Å². The van der Waals surface area contributed by atoms with E-state index in [4.69, 9.17) is 4.74 Å². The Labute approximate surface area is 115 Å². The summed E-state index contributed by atoms with van der Waals surface area (Å²) in [5.74, 6) is 0.777. The number of carbonyl (C=O) groups is 2. The molecule has 3 atom stereocenters. The fraction of sp³-hybridized carbons (Fsp3) is 0.867. The molecule has 0 spiro atoms. The topological polar surface area (TPSA) is 55.4 Å². The Kier molecular flexibility index (Phi) is 4.29. The Balaban J connectivity index is 1.79. The highest BCUT2D eigenvalue weighted by Crippen LogP contribution is 2.51. The molecule has 0 radical (unpaired) electrons. The van der Waals surface area contributed by atoms with E-state index in [0.717, 1.165) is 26.1 Å². The second-order valence-corrected chi connectivity index (χ2v) is 6.60. The molecule has 4 nitrogen and oxygen atoms in total. The first kappa shape index (κ1) is 14.5. The normalized spacial score (nSPS) is 33.3. The molecule has 108 valence electrons. The Bertz CT molecular complexity index is 358. The van der Waals surface area contributed by atoms with Gasteiger partial charge in [-0.05, 0) is 37.5 Å². The van der Waals surface area contributed by atoms with Crippen LogP contribution in [0.3, 0.4) is 0 Å². The minimum absolute atomic E-state index is 0.0223. The van der Waals surface area contributed by atoms with Crippen LogP contribution in [0, 0.1) is 23.2 Å². The maximum absolute atomic E-state index is 12.2. The summed E-state index contributed by atoms with van der Waals surface area (Å²) in [5.41, 5.74) is -0.195. The average molecular weight is 267 g/mol. The molecule has 1 amide bonds. The largest absolute Gasteiger partial charge is 0.381 e. The lowest BCUT2D eigenvalue weighted by atomic mass is 9.53. The van der Waals surface area contributed by atoms with Gasteiger partial charge in [-0.25, -0.2) is 0 Å². The van der Waals surface area contributed by atoms with E-state index in [-0.39, 0.29) is 28.9 Å². The van der Waals surface area contributed by atoms with Gasteiger partial charge in [0, 0.05) is 25.0 Å². The summed E-state index contributed by atoms with van der Waals surface area (Å²) in [5, 5.41) is 3.04. The molecule has 4 heteroatoms. The number of ketones is 1. The minimum atomic E-state index is -0.195. The van der Waals surface area contributed by atoms with Gasteiger partial charge in [0.15, 0.2) is 0 Å². The molecule has 1 N–H and O–H groups in total. The van der Waals surface area contributed by atoms with E-state index in [9.17, 15) is 9.59 Å². The number of ether oxygens (including phenoxy) is 1. The van der Waals surface area contributed by atoms with Crippen molar-refractivity contribution in [3.8, 4) is 0 Å². The van der Waals surface area contributed by atoms with Gasteiger partial charge in [-0.2, -0.15) is 0 Å². The van der Waals surface area contributed by atoms with E-state index in [2.05, 4.69) is 5.32 Å². The summed E-state index contributed by atoms with van der Waals surface area (Å²) in [6.07, 6.45) is 2.92. The van der Waals surface area contributed by atoms with Crippen molar-refractivity contribution in [2.24, 2.45) is 23.2 Å². The zero-order valence-corrected chi connectivity index (χ0v) is 12.2. The maximum Gasteiger partial charge on any atom is 0.223 e. The molecule has 1 saturated carbocycles. The van der Waals surface area contributed by atoms with Crippen molar-refractivity contribution in [2.45, 2.75) is 40.0 Å². The first-order chi connectivity index (χ1) is 8.93. The third-order valence-corrected chi connectivity index (χ3v) is 4.89. The van der Waals surface area contributed by atoms with Crippen LogP contribution < -0.4 is 5.32 Å². The van der Waals surface area contributed by atoms with Crippen molar-refractivity contribution in [1.29, 1.82) is 0 Å².